The second-order valence-electron chi connectivity index (χ2n) is 6.08. The molecule has 1 aromatic rings. The van der Waals surface area contributed by atoms with E-state index in [-0.39, 0.29) is 5.91 Å². The van der Waals surface area contributed by atoms with Crippen LogP contribution in [0.3, 0.4) is 0 Å². The summed E-state index contributed by atoms with van der Waals surface area (Å²) < 4.78 is 0. The minimum Gasteiger partial charge on any atom is -0.326 e. The molecule has 122 valence electrons. The number of para-hydroxylation sites is 1. The molecule has 0 atom stereocenters. The highest BCUT2D eigenvalue weighted by Gasteiger charge is 2.19. The smallest absolute Gasteiger partial charge is 0.224 e. The van der Waals surface area contributed by atoms with Crippen LogP contribution in [0, 0.1) is 5.92 Å². The van der Waals surface area contributed by atoms with Gasteiger partial charge in [0, 0.05) is 12.1 Å². The van der Waals surface area contributed by atoms with E-state index in [0.717, 1.165) is 18.0 Å². The molecule has 0 bridgehead atoms. The summed E-state index contributed by atoms with van der Waals surface area (Å²) in [4.78, 5) is 14.6. The molecule has 1 aliphatic rings. The minimum atomic E-state index is 0.147. The summed E-state index contributed by atoms with van der Waals surface area (Å²) in [6.07, 6.45) is 7.64. The first kappa shape index (κ1) is 17.4. The normalized spacial score (nSPS) is 16.6. The van der Waals surface area contributed by atoms with Crippen molar-refractivity contribution < 1.29 is 4.79 Å². The van der Waals surface area contributed by atoms with Crippen molar-refractivity contribution in [3.05, 3.63) is 30.3 Å². The molecule has 0 spiro atoms. The van der Waals surface area contributed by atoms with Crippen LogP contribution in [-0.4, -0.2) is 42.4 Å². The highest BCUT2D eigenvalue weighted by molar-refractivity contribution is 7.98. The lowest BCUT2D eigenvalue weighted by Gasteiger charge is -2.31. The molecule has 0 unspecified atom stereocenters. The van der Waals surface area contributed by atoms with Gasteiger partial charge in [-0.1, -0.05) is 18.2 Å². The summed E-state index contributed by atoms with van der Waals surface area (Å²) in [7, 11) is 0. The number of likely N-dealkylation sites (tertiary alicyclic amines) is 1. The van der Waals surface area contributed by atoms with E-state index in [4.69, 9.17) is 0 Å². The molecule has 1 fully saturated rings. The van der Waals surface area contributed by atoms with Gasteiger partial charge in [-0.15, -0.1) is 0 Å². The molecular weight excluding hydrogens is 292 g/mol. The van der Waals surface area contributed by atoms with Gasteiger partial charge in [0.05, 0.1) is 0 Å². The number of carbonyl (C=O) groups excluding carboxylic acids is 1. The van der Waals surface area contributed by atoms with Crippen LogP contribution >= 0.6 is 11.8 Å². The fraction of sp³-hybridized carbons (Fsp3) is 0.611. The van der Waals surface area contributed by atoms with Crippen LogP contribution in [0.15, 0.2) is 30.3 Å². The van der Waals surface area contributed by atoms with E-state index in [9.17, 15) is 4.79 Å². The van der Waals surface area contributed by atoms with E-state index < -0.39 is 0 Å². The van der Waals surface area contributed by atoms with Gasteiger partial charge in [0.1, 0.15) is 0 Å². The standard InChI is InChI=1S/C18H28N2OS/c1-22-15-5-12-20-13-10-16(11-14-20)8-9-18(21)19-17-6-3-2-4-7-17/h2-4,6-7,16H,5,8-15H2,1H3,(H,19,21). The van der Waals surface area contributed by atoms with Crippen molar-refractivity contribution in [3.63, 3.8) is 0 Å². The molecule has 3 nitrogen and oxygen atoms in total. The quantitative estimate of drug-likeness (QED) is 0.738. The van der Waals surface area contributed by atoms with E-state index in [2.05, 4.69) is 16.5 Å². The Morgan fingerprint density at radius 1 is 1.27 bits per heavy atom. The first-order chi connectivity index (χ1) is 10.8. The van der Waals surface area contributed by atoms with E-state index in [1.807, 2.05) is 42.1 Å². The molecule has 1 N–H and O–H groups in total. The number of hydrogen-bond acceptors (Lipinski definition) is 3. The Morgan fingerprint density at radius 3 is 2.68 bits per heavy atom. The third-order valence-corrected chi connectivity index (χ3v) is 5.06. The third kappa shape index (κ3) is 6.41. The highest BCUT2D eigenvalue weighted by Crippen LogP contribution is 2.22. The second kappa shape index (κ2) is 9.90. The van der Waals surface area contributed by atoms with E-state index in [0.29, 0.717) is 6.42 Å². The molecule has 2 rings (SSSR count). The summed E-state index contributed by atoms with van der Waals surface area (Å²) in [5, 5.41) is 2.97. The molecule has 0 aromatic heterocycles. The van der Waals surface area contributed by atoms with Crippen molar-refractivity contribution in [2.24, 2.45) is 5.92 Å². The molecule has 1 aliphatic heterocycles. The number of rotatable bonds is 8. The molecule has 22 heavy (non-hydrogen) atoms. The van der Waals surface area contributed by atoms with E-state index in [1.54, 1.807) is 0 Å². The number of hydrogen-bond donors (Lipinski definition) is 1. The van der Waals surface area contributed by atoms with Crippen molar-refractivity contribution in [2.45, 2.75) is 32.1 Å². The lowest BCUT2D eigenvalue weighted by Crippen LogP contribution is -2.34. The zero-order valence-corrected chi connectivity index (χ0v) is 14.4. The lowest BCUT2D eigenvalue weighted by atomic mass is 9.92. The van der Waals surface area contributed by atoms with Crippen LogP contribution in [-0.2, 0) is 4.79 Å². The number of carbonyl (C=O) groups is 1. The monoisotopic (exact) mass is 320 g/mol. The zero-order chi connectivity index (χ0) is 15.6. The summed E-state index contributed by atoms with van der Waals surface area (Å²) >= 11 is 1.93. The number of amides is 1. The molecular formula is C18H28N2OS. The summed E-state index contributed by atoms with van der Waals surface area (Å²) in [5.41, 5.74) is 0.899. The number of nitrogens with one attached hydrogen (secondary N) is 1. The van der Waals surface area contributed by atoms with Crippen molar-refractivity contribution in [3.8, 4) is 0 Å². The second-order valence-corrected chi connectivity index (χ2v) is 7.07. The third-order valence-electron chi connectivity index (χ3n) is 4.37. The Bertz CT molecular complexity index is 430. The van der Waals surface area contributed by atoms with Crippen molar-refractivity contribution in [1.82, 2.24) is 4.90 Å². The molecule has 0 radical (unpaired) electrons. The molecule has 0 saturated carbocycles. The number of benzene rings is 1. The minimum absolute atomic E-state index is 0.147. The molecule has 1 heterocycles. The zero-order valence-electron chi connectivity index (χ0n) is 13.6. The van der Waals surface area contributed by atoms with Crippen LogP contribution < -0.4 is 5.32 Å². The average Bonchev–Trinajstić information content (AvgIpc) is 2.55. The van der Waals surface area contributed by atoms with Crippen molar-refractivity contribution in [2.75, 3.05) is 37.0 Å². The summed E-state index contributed by atoms with van der Waals surface area (Å²) in [5.74, 6) is 2.13. The van der Waals surface area contributed by atoms with E-state index >= 15 is 0 Å². The Labute approximate surface area is 138 Å². The van der Waals surface area contributed by atoms with Gasteiger partial charge in [-0.05, 0) is 75.4 Å². The Morgan fingerprint density at radius 2 is 2.00 bits per heavy atom. The Kier molecular flexibility index (Phi) is 7.81. The number of anilines is 1. The van der Waals surface area contributed by atoms with Gasteiger partial charge in [-0.3, -0.25) is 4.79 Å². The maximum absolute atomic E-state index is 12.0. The van der Waals surface area contributed by atoms with Gasteiger partial charge >= 0.3 is 0 Å². The average molecular weight is 321 g/mol. The predicted octanol–water partition coefficient (Wildman–Crippen LogP) is 3.87. The number of piperidine rings is 1. The maximum Gasteiger partial charge on any atom is 0.224 e. The van der Waals surface area contributed by atoms with Crippen LogP contribution in [0.4, 0.5) is 5.69 Å². The number of nitrogens with zero attached hydrogens (tertiary/aromatic N) is 1. The van der Waals surface area contributed by atoms with Gasteiger partial charge in [-0.25, -0.2) is 0 Å². The Hall–Kier alpha value is -1.00. The van der Waals surface area contributed by atoms with Crippen molar-refractivity contribution >= 4 is 23.4 Å². The van der Waals surface area contributed by atoms with Crippen LogP contribution in [0.1, 0.15) is 32.1 Å². The summed E-state index contributed by atoms with van der Waals surface area (Å²) in [6, 6.07) is 9.73. The molecule has 4 heteroatoms. The molecule has 1 amide bonds. The van der Waals surface area contributed by atoms with Gasteiger partial charge in [0.15, 0.2) is 0 Å². The van der Waals surface area contributed by atoms with Gasteiger partial charge in [-0.2, -0.15) is 11.8 Å². The molecule has 1 saturated heterocycles. The highest BCUT2D eigenvalue weighted by atomic mass is 32.2. The first-order valence-electron chi connectivity index (χ1n) is 8.34. The fourth-order valence-corrected chi connectivity index (χ4v) is 3.43. The van der Waals surface area contributed by atoms with E-state index in [1.165, 1.54) is 44.6 Å². The lowest BCUT2D eigenvalue weighted by molar-refractivity contribution is -0.116. The van der Waals surface area contributed by atoms with Crippen LogP contribution in [0.25, 0.3) is 0 Å². The van der Waals surface area contributed by atoms with Crippen LogP contribution in [0.5, 0.6) is 0 Å². The number of thioether (sulfide) groups is 1. The van der Waals surface area contributed by atoms with Gasteiger partial charge < -0.3 is 10.2 Å². The molecule has 1 aromatic carbocycles. The Balaban J connectivity index is 1.59. The largest absolute Gasteiger partial charge is 0.326 e. The SMILES string of the molecule is CSCCCN1CCC(CCC(=O)Nc2ccccc2)CC1. The molecule has 0 aliphatic carbocycles. The fourth-order valence-electron chi connectivity index (χ4n) is 3.01. The first-order valence-corrected chi connectivity index (χ1v) is 9.73. The van der Waals surface area contributed by atoms with Crippen LogP contribution in [0.2, 0.25) is 0 Å². The maximum atomic E-state index is 12.0. The van der Waals surface area contributed by atoms with Gasteiger partial charge in [0.25, 0.3) is 0 Å². The van der Waals surface area contributed by atoms with Crippen molar-refractivity contribution in [1.29, 1.82) is 0 Å². The topological polar surface area (TPSA) is 32.3 Å². The predicted molar refractivity (Wildman–Crippen MR) is 96.5 cm³/mol. The summed E-state index contributed by atoms with van der Waals surface area (Å²) in [6.45, 7) is 3.65. The van der Waals surface area contributed by atoms with Gasteiger partial charge in [0.2, 0.25) is 5.91 Å².